The Bertz CT molecular complexity index is 670. The Labute approximate surface area is 177 Å². The number of hydrogen-bond acceptors (Lipinski definition) is 8. The lowest BCUT2D eigenvalue weighted by molar-refractivity contribution is -0.144. The molecule has 176 valence electrons. The highest BCUT2D eigenvalue weighted by molar-refractivity contribution is 5.95. The molecule has 0 rings (SSSR count). The summed E-state index contributed by atoms with van der Waals surface area (Å²) in [5.74, 6) is -6.90. The molecule has 0 radical (unpaired) electrons. The van der Waals surface area contributed by atoms with Crippen molar-refractivity contribution in [2.24, 2.45) is 11.5 Å². The van der Waals surface area contributed by atoms with Gasteiger partial charge in [0.05, 0.1) is 13.0 Å². The average molecular weight is 447 g/mol. The third-order valence-corrected chi connectivity index (χ3v) is 4.06. The van der Waals surface area contributed by atoms with Crippen LogP contribution in [0.4, 0.5) is 0 Å². The lowest BCUT2D eigenvalue weighted by Gasteiger charge is -2.23. The SMILES string of the molecule is NCCCCC(NC(=O)CN)C(=O)NC(CC(=O)O)C(=O)NC(CCC(=O)O)C(=O)O. The quantitative estimate of drug-likeness (QED) is 0.110. The van der Waals surface area contributed by atoms with E-state index < -0.39 is 79.6 Å². The van der Waals surface area contributed by atoms with Gasteiger partial charge in [-0.1, -0.05) is 0 Å². The van der Waals surface area contributed by atoms with Crippen molar-refractivity contribution >= 4 is 35.6 Å². The van der Waals surface area contributed by atoms with Crippen molar-refractivity contribution in [3.8, 4) is 0 Å². The number of carbonyl (C=O) groups is 6. The molecule has 0 fully saturated rings. The Morgan fingerprint density at radius 3 is 1.77 bits per heavy atom. The number of nitrogens with one attached hydrogen (secondary N) is 3. The van der Waals surface area contributed by atoms with Crippen molar-refractivity contribution in [3.05, 3.63) is 0 Å². The predicted molar refractivity (Wildman–Crippen MR) is 105 cm³/mol. The Morgan fingerprint density at radius 2 is 1.29 bits per heavy atom. The molecule has 0 saturated heterocycles. The molecule has 0 bridgehead atoms. The second kappa shape index (κ2) is 14.7. The van der Waals surface area contributed by atoms with Gasteiger partial charge in [-0.05, 0) is 32.2 Å². The van der Waals surface area contributed by atoms with Gasteiger partial charge in [-0.25, -0.2) is 4.79 Å². The maximum Gasteiger partial charge on any atom is 0.326 e. The van der Waals surface area contributed by atoms with Crippen LogP contribution in [0, 0.1) is 0 Å². The summed E-state index contributed by atoms with van der Waals surface area (Å²) in [4.78, 5) is 69.5. The number of hydrogen-bond donors (Lipinski definition) is 8. The van der Waals surface area contributed by atoms with Crippen LogP contribution in [-0.2, 0) is 28.8 Å². The first-order chi connectivity index (χ1) is 14.5. The zero-order chi connectivity index (χ0) is 24.0. The third kappa shape index (κ3) is 12.1. The number of carboxylic acids is 3. The first kappa shape index (κ1) is 27.7. The number of rotatable bonds is 16. The van der Waals surface area contributed by atoms with E-state index in [-0.39, 0.29) is 6.42 Å². The van der Waals surface area contributed by atoms with Crippen LogP contribution < -0.4 is 27.4 Å². The van der Waals surface area contributed by atoms with Crippen LogP contribution in [-0.4, -0.2) is 82.2 Å². The number of carbonyl (C=O) groups excluding carboxylic acids is 3. The minimum Gasteiger partial charge on any atom is -0.481 e. The van der Waals surface area contributed by atoms with Crippen LogP contribution in [0.3, 0.4) is 0 Å². The highest BCUT2D eigenvalue weighted by Gasteiger charge is 2.31. The molecule has 0 aliphatic heterocycles. The fourth-order valence-corrected chi connectivity index (χ4v) is 2.47. The monoisotopic (exact) mass is 447 g/mol. The molecular formula is C17H29N5O9. The molecule has 0 heterocycles. The third-order valence-electron chi connectivity index (χ3n) is 4.06. The molecule has 3 atom stereocenters. The highest BCUT2D eigenvalue weighted by atomic mass is 16.4. The lowest BCUT2D eigenvalue weighted by atomic mass is 10.1. The number of aliphatic carboxylic acids is 3. The molecular weight excluding hydrogens is 418 g/mol. The van der Waals surface area contributed by atoms with Gasteiger partial charge < -0.3 is 42.7 Å². The van der Waals surface area contributed by atoms with Crippen LogP contribution in [0.1, 0.15) is 38.5 Å². The van der Waals surface area contributed by atoms with E-state index in [9.17, 15) is 28.8 Å². The summed E-state index contributed by atoms with van der Waals surface area (Å²) >= 11 is 0. The molecule has 0 aliphatic carbocycles. The molecule has 0 aromatic heterocycles. The summed E-state index contributed by atoms with van der Waals surface area (Å²) in [6.07, 6.45) is -0.730. The van der Waals surface area contributed by atoms with E-state index in [4.69, 9.17) is 26.8 Å². The number of carboxylic acid groups (broad SMARTS) is 3. The number of amides is 3. The van der Waals surface area contributed by atoms with E-state index in [0.29, 0.717) is 19.4 Å². The Hall–Kier alpha value is -3.26. The molecule has 0 spiro atoms. The van der Waals surface area contributed by atoms with Crippen LogP contribution >= 0.6 is 0 Å². The Morgan fingerprint density at radius 1 is 0.710 bits per heavy atom. The van der Waals surface area contributed by atoms with Crippen molar-refractivity contribution in [2.75, 3.05) is 13.1 Å². The molecule has 14 nitrogen and oxygen atoms in total. The fraction of sp³-hybridized carbons (Fsp3) is 0.647. The summed E-state index contributed by atoms with van der Waals surface area (Å²) in [5.41, 5.74) is 10.6. The van der Waals surface area contributed by atoms with Gasteiger partial charge in [0.2, 0.25) is 17.7 Å². The van der Waals surface area contributed by atoms with Crippen molar-refractivity contribution in [2.45, 2.75) is 56.7 Å². The summed E-state index contributed by atoms with van der Waals surface area (Å²) in [7, 11) is 0. The first-order valence-corrected chi connectivity index (χ1v) is 9.48. The van der Waals surface area contributed by atoms with E-state index in [0.717, 1.165) is 0 Å². The average Bonchev–Trinajstić information content (AvgIpc) is 2.68. The van der Waals surface area contributed by atoms with Gasteiger partial charge in [-0.15, -0.1) is 0 Å². The van der Waals surface area contributed by atoms with Crippen LogP contribution in [0.25, 0.3) is 0 Å². The van der Waals surface area contributed by atoms with E-state index >= 15 is 0 Å². The van der Waals surface area contributed by atoms with Crippen molar-refractivity contribution < 1.29 is 44.1 Å². The predicted octanol–water partition coefficient (Wildman–Crippen LogP) is -3.05. The van der Waals surface area contributed by atoms with Gasteiger partial charge in [0.1, 0.15) is 18.1 Å². The van der Waals surface area contributed by atoms with Gasteiger partial charge in [0.15, 0.2) is 0 Å². The molecule has 3 unspecified atom stereocenters. The van der Waals surface area contributed by atoms with Gasteiger partial charge in [-0.2, -0.15) is 0 Å². The molecule has 0 saturated carbocycles. The summed E-state index contributed by atoms with van der Waals surface area (Å²) < 4.78 is 0. The maximum atomic E-state index is 12.6. The molecule has 31 heavy (non-hydrogen) atoms. The van der Waals surface area contributed by atoms with Crippen LogP contribution in [0.2, 0.25) is 0 Å². The molecule has 0 aromatic carbocycles. The summed E-state index contributed by atoms with van der Waals surface area (Å²) in [6.45, 7) is -0.0558. The zero-order valence-electron chi connectivity index (χ0n) is 16.8. The van der Waals surface area contributed by atoms with E-state index in [2.05, 4.69) is 10.6 Å². The molecule has 3 amide bonds. The maximum absolute atomic E-state index is 12.6. The topological polar surface area (TPSA) is 251 Å². The standard InChI is InChI=1S/C17H29N5O9/c18-6-2-1-3-9(20-12(23)8-19)15(28)22-11(7-14(26)27)16(29)21-10(17(30)31)4-5-13(24)25/h9-11H,1-8,18-19H2,(H,20,23)(H,21,29)(H,22,28)(H,24,25)(H,26,27)(H,30,31). The molecule has 0 aliphatic rings. The van der Waals surface area contributed by atoms with Crippen LogP contribution in [0.15, 0.2) is 0 Å². The van der Waals surface area contributed by atoms with E-state index in [1.807, 2.05) is 5.32 Å². The molecule has 0 aromatic rings. The van der Waals surface area contributed by atoms with E-state index in [1.165, 1.54) is 0 Å². The van der Waals surface area contributed by atoms with Crippen LogP contribution in [0.5, 0.6) is 0 Å². The van der Waals surface area contributed by atoms with Crippen molar-refractivity contribution in [1.29, 1.82) is 0 Å². The minimum atomic E-state index is -1.66. The summed E-state index contributed by atoms with van der Waals surface area (Å²) in [6, 6.07) is -4.38. The first-order valence-electron chi connectivity index (χ1n) is 9.48. The lowest BCUT2D eigenvalue weighted by Crippen LogP contribution is -2.56. The van der Waals surface area contributed by atoms with Crippen molar-refractivity contribution in [3.63, 3.8) is 0 Å². The van der Waals surface area contributed by atoms with Crippen molar-refractivity contribution in [1.82, 2.24) is 16.0 Å². The highest BCUT2D eigenvalue weighted by Crippen LogP contribution is 2.05. The van der Waals surface area contributed by atoms with Gasteiger partial charge in [0.25, 0.3) is 0 Å². The minimum absolute atomic E-state index is 0.145. The fourth-order valence-electron chi connectivity index (χ4n) is 2.47. The van der Waals surface area contributed by atoms with Gasteiger partial charge in [0, 0.05) is 6.42 Å². The number of nitrogens with two attached hydrogens (primary N) is 2. The van der Waals surface area contributed by atoms with Gasteiger partial charge >= 0.3 is 17.9 Å². The zero-order valence-corrected chi connectivity index (χ0v) is 16.8. The summed E-state index contributed by atoms with van der Waals surface area (Å²) in [5, 5.41) is 33.4. The van der Waals surface area contributed by atoms with Gasteiger partial charge in [-0.3, -0.25) is 24.0 Å². The molecule has 10 N–H and O–H groups in total. The Balaban J connectivity index is 5.35. The normalized spacial score (nSPS) is 13.4. The Kier molecular flexibility index (Phi) is 13.1. The number of unbranched alkanes of at least 4 members (excludes halogenated alkanes) is 1. The smallest absolute Gasteiger partial charge is 0.326 e. The molecule has 14 heteroatoms. The largest absolute Gasteiger partial charge is 0.481 e. The second-order valence-electron chi connectivity index (χ2n) is 6.60. The van der Waals surface area contributed by atoms with E-state index in [1.54, 1.807) is 0 Å². The second-order valence-corrected chi connectivity index (χ2v) is 6.60.